The van der Waals surface area contributed by atoms with Crippen molar-refractivity contribution in [3.05, 3.63) is 0 Å². The summed E-state index contributed by atoms with van der Waals surface area (Å²) in [6.45, 7) is 10.2. The Labute approximate surface area is 100.0 Å². The summed E-state index contributed by atoms with van der Waals surface area (Å²) in [7, 11) is 2.26. The van der Waals surface area contributed by atoms with E-state index in [2.05, 4.69) is 30.7 Å². The fourth-order valence-corrected chi connectivity index (χ4v) is 4.22. The summed E-state index contributed by atoms with van der Waals surface area (Å²) in [4.78, 5) is 5.28. The highest BCUT2D eigenvalue weighted by molar-refractivity contribution is 5.09. The van der Waals surface area contributed by atoms with Crippen molar-refractivity contribution in [2.75, 3.05) is 33.2 Å². The van der Waals surface area contributed by atoms with Crippen molar-refractivity contribution in [2.45, 2.75) is 39.2 Å². The van der Waals surface area contributed by atoms with Gasteiger partial charge in [-0.05, 0) is 56.7 Å². The van der Waals surface area contributed by atoms with Gasteiger partial charge in [-0.3, -0.25) is 4.90 Å². The first-order chi connectivity index (χ1) is 7.62. The SMILES string of the molecule is CC(C)C12CCN(C3CCN(C)C3)CC1C2. The van der Waals surface area contributed by atoms with Gasteiger partial charge in [0, 0.05) is 19.1 Å². The van der Waals surface area contributed by atoms with Crippen LogP contribution in [0.15, 0.2) is 0 Å². The molecule has 1 saturated carbocycles. The van der Waals surface area contributed by atoms with Gasteiger partial charge in [0.25, 0.3) is 0 Å². The molecule has 2 nitrogen and oxygen atoms in total. The summed E-state index contributed by atoms with van der Waals surface area (Å²) in [6, 6.07) is 0.871. The Morgan fingerprint density at radius 1 is 1.19 bits per heavy atom. The van der Waals surface area contributed by atoms with Crippen molar-refractivity contribution in [3.8, 4) is 0 Å². The molecule has 0 aromatic rings. The topological polar surface area (TPSA) is 6.48 Å². The number of nitrogens with zero attached hydrogens (tertiary/aromatic N) is 2. The molecule has 0 aromatic carbocycles. The predicted octanol–water partition coefficient (Wildman–Crippen LogP) is 2.06. The quantitative estimate of drug-likeness (QED) is 0.705. The van der Waals surface area contributed by atoms with Crippen LogP contribution in [0.25, 0.3) is 0 Å². The maximum atomic E-state index is 2.79. The van der Waals surface area contributed by atoms with Crippen molar-refractivity contribution >= 4 is 0 Å². The number of likely N-dealkylation sites (N-methyl/N-ethyl adjacent to an activating group) is 1. The van der Waals surface area contributed by atoms with E-state index < -0.39 is 0 Å². The molecule has 3 fully saturated rings. The van der Waals surface area contributed by atoms with Crippen molar-refractivity contribution in [3.63, 3.8) is 0 Å². The Balaban J connectivity index is 1.59. The number of hydrogen-bond donors (Lipinski definition) is 0. The van der Waals surface area contributed by atoms with Crippen molar-refractivity contribution in [1.82, 2.24) is 9.80 Å². The molecule has 3 rings (SSSR count). The Morgan fingerprint density at radius 2 is 2.00 bits per heavy atom. The third-order valence-corrected chi connectivity index (χ3v) is 5.63. The van der Waals surface area contributed by atoms with Crippen molar-refractivity contribution in [1.29, 1.82) is 0 Å². The lowest BCUT2D eigenvalue weighted by atomic mass is 9.84. The van der Waals surface area contributed by atoms with E-state index in [0.29, 0.717) is 0 Å². The van der Waals surface area contributed by atoms with Crippen LogP contribution in [0.4, 0.5) is 0 Å². The maximum absolute atomic E-state index is 2.79. The fourth-order valence-electron chi connectivity index (χ4n) is 4.22. The molecule has 16 heavy (non-hydrogen) atoms. The summed E-state index contributed by atoms with van der Waals surface area (Å²) < 4.78 is 0. The fraction of sp³-hybridized carbons (Fsp3) is 1.00. The molecule has 0 spiro atoms. The minimum absolute atomic E-state index is 0.765. The van der Waals surface area contributed by atoms with E-state index in [-0.39, 0.29) is 0 Å². The molecule has 2 heterocycles. The first-order valence-electron chi connectivity index (χ1n) is 7.04. The van der Waals surface area contributed by atoms with Gasteiger partial charge in [0.05, 0.1) is 0 Å². The van der Waals surface area contributed by atoms with Crippen LogP contribution in [0.1, 0.15) is 33.1 Å². The zero-order chi connectivity index (χ0) is 11.3. The van der Waals surface area contributed by atoms with Crippen LogP contribution in [0.3, 0.4) is 0 Å². The van der Waals surface area contributed by atoms with Crippen LogP contribution in [0.5, 0.6) is 0 Å². The molecule has 1 aliphatic carbocycles. The Bertz CT molecular complexity index is 276. The van der Waals surface area contributed by atoms with Crippen LogP contribution in [-0.2, 0) is 0 Å². The standard InChI is InChI=1S/C14H26N2/c1-11(2)14-5-7-16(9-12(14)8-14)13-4-6-15(3)10-13/h11-13H,4-10H2,1-3H3. The largest absolute Gasteiger partial charge is 0.305 e. The van der Waals surface area contributed by atoms with Crippen LogP contribution in [0, 0.1) is 17.3 Å². The summed E-state index contributed by atoms with van der Waals surface area (Å²) >= 11 is 0. The Kier molecular flexibility index (Phi) is 2.56. The monoisotopic (exact) mass is 222 g/mol. The van der Waals surface area contributed by atoms with E-state index in [0.717, 1.165) is 23.3 Å². The van der Waals surface area contributed by atoms with Gasteiger partial charge in [-0.2, -0.15) is 0 Å². The van der Waals surface area contributed by atoms with Gasteiger partial charge in [-0.25, -0.2) is 0 Å². The number of piperidine rings is 1. The Hall–Kier alpha value is -0.0800. The molecule has 92 valence electrons. The lowest BCUT2D eigenvalue weighted by molar-refractivity contribution is 0.110. The van der Waals surface area contributed by atoms with Gasteiger partial charge in [0.1, 0.15) is 0 Å². The van der Waals surface area contributed by atoms with Gasteiger partial charge >= 0.3 is 0 Å². The van der Waals surface area contributed by atoms with Crippen LogP contribution >= 0.6 is 0 Å². The molecular formula is C14H26N2. The predicted molar refractivity (Wildman–Crippen MR) is 67.5 cm³/mol. The molecule has 0 aromatic heterocycles. The molecule has 2 saturated heterocycles. The second-order valence-electron chi connectivity index (χ2n) is 6.74. The second-order valence-corrected chi connectivity index (χ2v) is 6.74. The average Bonchev–Trinajstić information content (AvgIpc) is 2.86. The third kappa shape index (κ3) is 1.62. The molecule has 2 heteroatoms. The minimum Gasteiger partial charge on any atom is -0.305 e. The second kappa shape index (κ2) is 3.71. The number of fused-ring (bicyclic) bond motifs is 1. The van der Waals surface area contributed by atoms with E-state index in [1.54, 1.807) is 0 Å². The highest BCUT2D eigenvalue weighted by Gasteiger charge is 2.58. The summed E-state index contributed by atoms with van der Waals surface area (Å²) in [5.74, 6) is 1.94. The molecule has 0 amide bonds. The van der Waals surface area contributed by atoms with E-state index in [1.165, 1.54) is 45.4 Å². The highest BCUT2D eigenvalue weighted by Crippen LogP contribution is 2.62. The van der Waals surface area contributed by atoms with Crippen LogP contribution in [0.2, 0.25) is 0 Å². The highest BCUT2D eigenvalue weighted by atomic mass is 15.3. The Morgan fingerprint density at radius 3 is 2.56 bits per heavy atom. The van der Waals surface area contributed by atoms with E-state index >= 15 is 0 Å². The van der Waals surface area contributed by atoms with Gasteiger partial charge < -0.3 is 4.90 Å². The summed E-state index contributed by atoms with van der Waals surface area (Å²) in [6.07, 6.45) is 4.39. The first kappa shape index (κ1) is 11.0. The van der Waals surface area contributed by atoms with Crippen molar-refractivity contribution < 1.29 is 0 Å². The first-order valence-corrected chi connectivity index (χ1v) is 7.04. The van der Waals surface area contributed by atoms with Crippen molar-refractivity contribution in [2.24, 2.45) is 17.3 Å². The van der Waals surface area contributed by atoms with Gasteiger partial charge in [0.15, 0.2) is 0 Å². The molecule has 3 aliphatic rings. The maximum Gasteiger partial charge on any atom is 0.0235 e. The zero-order valence-electron chi connectivity index (χ0n) is 11.1. The number of rotatable bonds is 2. The average molecular weight is 222 g/mol. The molecule has 0 bridgehead atoms. The third-order valence-electron chi connectivity index (χ3n) is 5.63. The summed E-state index contributed by atoms with van der Waals surface area (Å²) in [5.41, 5.74) is 0.765. The lowest BCUT2D eigenvalue weighted by Crippen LogP contribution is -2.44. The number of likely N-dealkylation sites (tertiary alicyclic amines) is 2. The van der Waals surface area contributed by atoms with Gasteiger partial charge in [0.2, 0.25) is 0 Å². The molecule has 0 radical (unpaired) electrons. The zero-order valence-corrected chi connectivity index (χ0v) is 11.1. The molecule has 2 aliphatic heterocycles. The minimum atomic E-state index is 0.765. The van der Waals surface area contributed by atoms with Crippen LogP contribution in [-0.4, -0.2) is 49.1 Å². The van der Waals surface area contributed by atoms with E-state index in [1.807, 2.05) is 0 Å². The smallest absolute Gasteiger partial charge is 0.0235 e. The van der Waals surface area contributed by atoms with Gasteiger partial charge in [-0.1, -0.05) is 13.8 Å². The van der Waals surface area contributed by atoms with Crippen LogP contribution < -0.4 is 0 Å². The summed E-state index contributed by atoms with van der Waals surface area (Å²) in [5, 5.41) is 0. The van der Waals surface area contributed by atoms with Gasteiger partial charge in [-0.15, -0.1) is 0 Å². The lowest BCUT2D eigenvalue weighted by Gasteiger charge is -2.37. The molecule has 3 unspecified atom stereocenters. The number of hydrogen-bond acceptors (Lipinski definition) is 2. The molecule has 0 N–H and O–H groups in total. The molecular weight excluding hydrogens is 196 g/mol. The van der Waals surface area contributed by atoms with E-state index in [4.69, 9.17) is 0 Å². The molecule has 3 atom stereocenters. The van der Waals surface area contributed by atoms with E-state index in [9.17, 15) is 0 Å². The normalized spacial score (nSPS) is 45.0.